The zero-order valence-corrected chi connectivity index (χ0v) is 15.5. The van der Waals surface area contributed by atoms with E-state index >= 15 is 0 Å². The van der Waals surface area contributed by atoms with E-state index in [1.54, 1.807) is 11.3 Å². The summed E-state index contributed by atoms with van der Waals surface area (Å²) in [4.78, 5) is 9.01. The highest BCUT2D eigenvalue weighted by atomic mass is 32.1. The highest BCUT2D eigenvalue weighted by Gasteiger charge is 2.11. The molecule has 4 rings (SSSR count). The third-order valence-corrected chi connectivity index (χ3v) is 4.86. The van der Waals surface area contributed by atoms with Crippen molar-refractivity contribution in [2.24, 2.45) is 10.7 Å². The summed E-state index contributed by atoms with van der Waals surface area (Å²) in [6, 6.07) is 15.7. The Hall–Kier alpha value is -3.06. The lowest BCUT2D eigenvalue weighted by Gasteiger charge is -2.10. The van der Waals surface area contributed by atoms with Crippen molar-refractivity contribution in [3.8, 4) is 22.8 Å². The molecular weight excluding hydrogens is 360 g/mol. The van der Waals surface area contributed by atoms with E-state index in [-0.39, 0.29) is 0 Å². The number of nitrogens with zero attached hydrogens (tertiary/aromatic N) is 2. The smallest absolute Gasteiger partial charge is 0.193 e. The van der Waals surface area contributed by atoms with Crippen LogP contribution in [0.2, 0.25) is 0 Å². The Bertz CT molecular complexity index is 940. The molecular formula is C20H20N4O2S. The lowest BCUT2D eigenvalue weighted by atomic mass is 10.2. The lowest BCUT2D eigenvalue weighted by molar-refractivity contribution is 0.297. The van der Waals surface area contributed by atoms with Crippen molar-refractivity contribution in [2.75, 3.05) is 18.5 Å². The standard InChI is InChI=1S/C20H20N4O2S/c21-20(23-15-7-8-17-18(11-15)26-10-4-9-25-17)22-12-19-24-16(13-27-19)14-5-2-1-3-6-14/h1-3,5-8,11,13H,4,9-10,12H2,(H3,21,22,23). The van der Waals surface area contributed by atoms with Crippen molar-refractivity contribution in [1.29, 1.82) is 0 Å². The van der Waals surface area contributed by atoms with Gasteiger partial charge < -0.3 is 20.5 Å². The molecule has 2 aromatic carbocycles. The molecule has 0 aliphatic carbocycles. The normalized spacial score (nSPS) is 13.9. The highest BCUT2D eigenvalue weighted by Crippen LogP contribution is 2.32. The summed E-state index contributed by atoms with van der Waals surface area (Å²) < 4.78 is 11.3. The SMILES string of the molecule is NC(=NCc1nc(-c2ccccc2)cs1)Nc1ccc2c(c1)OCCCO2. The second-order valence-electron chi connectivity index (χ2n) is 6.03. The fraction of sp³-hybridized carbons (Fsp3) is 0.200. The number of anilines is 1. The molecule has 0 saturated carbocycles. The molecule has 3 N–H and O–H groups in total. The molecule has 0 spiro atoms. The molecule has 0 fully saturated rings. The van der Waals surface area contributed by atoms with Crippen LogP contribution in [-0.2, 0) is 6.54 Å². The van der Waals surface area contributed by atoms with E-state index in [9.17, 15) is 0 Å². The van der Waals surface area contributed by atoms with Gasteiger partial charge in [0.05, 0.1) is 25.5 Å². The van der Waals surface area contributed by atoms with Crippen LogP contribution in [0.5, 0.6) is 11.5 Å². The maximum absolute atomic E-state index is 6.02. The summed E-state index contributed by atoms with van der Waals surface area (Å²) in [5.74, 6) is 1.81. The maximum atomic E-state index is 6.02. The zero-order valence-electron chi connectivity index (χ0n) is 14.7. The predicted octanol–water partition coefficient (Wildman–Crippen LogP) is 3.90. The molecule has 0 radical (unpaired) electrons. The molecule has 27 heavy (non-hydrogen) atoms. The van der Waals surface area contributed by atoms with E-state index in [4.69, 9.17) is 15.2 Å². The second kappa shape index (κ2) is 8.09. The Morgan fingerprint density at radius 3 is 2.78 bits per heavy atom. The Morgan fingerprint density at radius 1 is 1.11 bits per heavy atom. The first-order valence-corrected chi connectivity index (χ1v) is 9.62. The van der Waals surface area contributed by atoms with Crippen LogP contribution in [0.4, 0.5) is 5.69 Å². The Balaban J connectivity index is 1.40. The zero-order chi connectivity index (χ0) is 18.5. The van der Waals surface area contributed by atoms with Gasteiger partial charge in [0.2, 0.25) is 0 Å². The topological polar surface area (TPSA) is 81.8 Å². The van der Waals surface area contributed by atoms with Crippen molar-refractivity contribution in [3.63, 3.8) is 0 Å². The number of nitrogens with one attached hydrogen (secondary N) is 1. The summed E-state index contributed by atoms with van der Waals surface area (Å²) in [7, 11) is 0. The second-order valence-corrected chi connectivity index (χ2v) is 6.97. The molecule has 1 aliphatic rings. The summed E-state index contributed by atoms with van der Waals surface area (Å²) in [5.41, 5.74) is 8.89. The van der Waals surface area contributed by atoms with Crippen molar-refractivity contribution in [2.45, 2.75) is 13.0 Å². The van der Waals surface area contributed by atoms with Gasteiger partial charge >= 0.3 is 0 Å². The van der Waals surface area contributed by atoms with Crippen LogP contribution in [0.25, 0.3) is 11.3 Å². The van der Waals surface area contributed by atoms with Crippen LogP contribution >= 0.6 is 11.3 Å². The largest absolute Gasteiger partial charge is 0.490 e. The number of aromatic nitrogens is 1. The minimum Gasteiger partial charge on any atom is -0.490 e. The molecule has 0 amide bonds. The summed E-state index contributed by atoms with van der Waals surface area (Å²) in [6.45, 7) is 1.75. The fourth-order valence-electron chi connectivity index (χ4n) is 2.71. The van der Waals surface area contributed by atoms with Gasteiger partial charge in [0.1, 0.15) is 5.01 Å². The van der Waals surface area contributed by atoms with E-state index in [1.165, 1.54) is 0 Å². The third kappa shape index (κ3) is 4.38. The molecule has 0 saturated heterocycles. The molecule has 0 atom stereocenters. The Labute approximate surface area is 161 Å². The first-order chi connectivity index (χ1) is 13.3. The molecule has 3 aromatic rings. The number of benzene rings is 2. The number of hydrogen-bond acceptors (Lipinski definition) is 5. The van der Waals surface area contributed by atoms with Gasteiger partial charge in [0.15, 0.2) is 17.5 Å². The fourth-order valence-corrected chi connectivity index (χ4v) is 3.43. The molecule has 0 bridgehead atoms. The number of thiazole rings is 1. The van der Waals surface area contributed by atoms with Crippen LogP contribution in [-0.4, -0.2) is 24.2 Å². The first kappa shape index (κ1) is 17.4. The van der Waals surface area contributed by atoms with Gasteiger partial charge in [-0.3, -0.25) is 0 Å². The Kier molecular flexibility index (Phi) is 5.20. The number of ether oxygens (including phenoxy) is 2. The van der Waals surface area contributed by atoms with E-state index in [0.717, 1.165) is 39.9 Å². The number of fused-ring (bicyclic) bond motifs is 1. The predicted molar refractivity (Wildman–Crippen MR) is 109 cm³/mol. The molecule has 2 heterocycles. The van der Waals surface area contributed by atoms with Crippen molar-refractivity contribution >= 4 is 23.0 Å². The van der Waals surface area contributed by atoms with E-state index in [1.807, 2.05) is 53.9 Å². The van der Waals surface area contributed by atoms with Gasteiger partial charge in [-0.15, -0.1) is 11.3 Å². The minimum atomic E-state index is 0.334. The average molecular weight is 380 g/mol. The highest BCUT2D eigenvalue weighted by molar-refractivity contribution is 7.09. The van der Waals surface area contributed by atoms with E-state index in [0.29, 0.717) is 25.7 Å². The van der Waals surface area contributed by atoms with Gasteiger partial charge in [-0.05, 0) is 12.1 Å². The average Bonchev–Trinajstić information content (AvgIpc) is 3.05. The van der Waals surface area contributed by atoms with Crippen molar-refractivity contribution < 1.29 is 9.47 Å². The van der Waals surface area contributed by atoms with Crippen molar-refractivity contribution in [3.05, 3.63) is 58.9 Å². The molecule has 6 nitrogen and oxygen atoms in total. The number of hydrogen-bond donors (Lipinski definition) is 2. The van der Waals surface area contributed by atoms with Crippen LogP contribution in [0.1, 0.15) is 11.4 Å². The summed E-state index contributed by atoms with van der Waals surface area (Å²) in [6.07, 6.45) is 0.875. The van der Waals surface area contributed by atoms with E-state index < -0.39 is 0 Å². The number of nitrogens with two attached hydrogens (primary N) is 1. The van der Waals surface area contributed by atoms with Gasteiger partial charge in [-0.1, -0.05) is 30.3 Å². The molecule has 1 aliphatic heterocycles. The summed E-state index contributed by atoms with van der Waals surface area (Å²) >= 11 is 1.58. The number of aliphatic imine (C=N–C) groups is 1. The van der Waals surface area contributed by atoms with Crippen LogP contribution in [0.3, 0.4) is 0 Å². The molecule has 0 unspecified atom stereocenters. The first-order valence-electron chi connectivity index (χ1n) is 8.74. The van der Waals surface area contributed by atoms with Gasteiger partial charge in [0.25, 0.3) is 0 Å². The summed E-state index contributed by atoms with van der Waals surface area (Å²) in [5, 5.41) is 6.04. The van der Waals surface area contributed by atoms with Crippen LogP contribution in [0, 0.1) is 0 Å². The van der Waals surface area contributed by atoms with E-state index in [2.05, 4.69) is 15.3 Å². The monoisotopic (exact) mass is 380 g/mol. The quantitative estimate of drug-likeness (QED) is 0.530. The van der Waals surface area contributed by atoms with Gasteiger partial charge in [-0.2, -0.15) is 0 Å². The Morgan fingerprint density at radius 2 is 1.93 bits per heavy atom. The molecule has 7 heteroatoms. The van der Waals surface area contributed by atoms with Crippen LogP contribution < -0.4 is 20.5 Å². The maximum Gasteiger partial charge on any atom is 0.193 e. The molecule has 138 valence electrons. The van der Waals surface area contributed by atoms with Crippen molar-refractivity contribution in [1.82, 2.24) is 4.98 Å². The minimum absolute atomic E-state index is 0.334. The number of rotatable bonds is 4. The number of guanidine groups is 1. The third-order valence-electron chi connectivity index (χ3n) is 4.03. The van der Waals surface area contributed by atoms with Gasteiger partial charge in [-0.25, -0.2) is 9.98 Å². The van der Waals surface area contributed by atoms with Gasteiger partial charge in [0, 0.05) is 29.1 Å². The van der Waals surface area contributed by atoms with Crippen LogP contribution in [0.15, 0.2) is 58.9 Å². The molecule has 1 aromatic heterocycles. The lowest BCUT2D eigenvalue weighted by Crippen LogP contribution is -2.22.